The third-order valence-electron chi connectivity index (χ3n) is 2.74. The molecule has 1 aliphatic rings. The van der Waals surface area contributed by atoms with Crippen molar-refractivity contribution in [2.75, 3.05) is 33.4 Å². The Hall–Kier alpha value is -0.610. The lowest BCUT2D eigenvalue weighted by Gasteiger charge is -2.31. The number of ether oxygens (including phenoxy) is 2. The van der Waals surface area contributed by atoms with Gasteiger partial charge in [0.25, 0.3) is 0 Å². The fourth-order valence-electron chi connectivity index (χ4n) is 1.86. The number of carbonyl (C=O) groups is 1. The highest BCUT2D eigenvalue weighted by Crippen LogP contribution is 2.13. The van der Waals surface area contributed by atoms with E-state index in [-0.39, 0.29) is 18.7 Å². The fraction of sp³-hybridized carbons (Fsp3) is 0.909. The minimum Gasteiger partial charge on any atom is -0.467 e. The van der Waals surface area contributed by atoms with Gasteiger partial charge in [-0.25, -0.2) is 4.79 Å². The van der Waals surface area contributed by atoms with E-state index in [0.717, 1.165) is 25.9 Å². The number of hydrogen-bond acceptors (Lipinski definition) is 4. The molecular weight excluding hydrogens is 194 g/mol. The average molecular weight is 215 g/mol. The van der Waals surface area contributed by atoms with Crippen LogP contribution in [0.15, 0.2) is 0 Å². The van der Waals surface area contributed by atoms with Crippen LogP contribution in [0.4, 0.5) is 0 Å². The SMILES string of the molecule is CCCN1CCC(OCC(=O)OC)CC1. The molecule has 1 rings (SSSR count). The molecule has 0 bridgehead atoms. The molecule has 15 heavy (non-hydrogen) atoms. The molecule has 0 radical (unpaired) electrons. The Morgan fingerprint density at radius 3 is 2.60 bits per heavy atom. The highest BCUT2D eigenvalue weighted by molar-refractivity contribution is 5.70. The van der Waals surface area contributed by atoms with Gasteiger partial charge in [0.1, 0.15) is 6.61 Å². The van der Waals surface area contributed by atoms with E-state index in [2.05, 4.69) is 16.6 Å². The highest BCUT2D eigenvalue weighted by atomic mass is 16.6. The van der Waals surface area contributed by atoms with Crippen LogP contribution in [0.1, 0.15) is 26.2 Å². The summed E-state index contributed by atoms with van der Waals surface area (Å²) in [5.41, 5.74) is 0. The van der Waals surface area contributed by atoms with Crippen molar-refractivity contribution < 1.29 is 14.3 Å². The number of esters is 1. The van der Waals surface area contributed by atoms with Gasteiger partial charge in [-0.1, -0.05) is 6.92 Å². The van der Waals surface area contributed by atoms with Gasteiger partial charge in [0.15, 0.2) is 0 Å². The van der Waals surface area contributed by atoms with Crippen molar-refractivity contribution in [2.45, 2.75) is 32.3 Å². The van der Waals surface area contributed by atoms with Crippen LogP contribution < -0.4 is 0 Å². The third kappa shape index (κ3) is 4.62. The maximum absolute atomic E-state index is 10.9. The van der Waals surface area contributed by atoms with E-state index < -0.39 is 0 Å². The quantitative estimate of drug-likeness (QED) is 0.643. The lowest BCUT2D eigenvalue weighted by molar-refractivity contribution is -0.148. The number of rotatable bonds is 5. The zero-order valence-corrected chi connectivity index (χ0v) is 9.70. The Morgan fingerprint density at radius 1 is 1.40 bits per heavy atom. The van der Waals surface area contributed by atoms with Gasteiger partial charge in [-0.15, -0.1) is 0 Å². The molecule has 0 aromatic heterocycles. The van der Waals surface area contributed by atoms with E-state index in [1.807, 2.05) is 0 Å². The van der Waals surface area contributed by atoms with Crippen LogP contribution in [-0.4, -0.2) is 50.3 Å². The lowest BCUT2D eigenvalue weighted by atomic mass is 10.1. The fourth-order valence-corrected chi connectivity index (χ4v) is 1.86. The van der Waals surface area contributed by atoms with Gasteiger partial charge in [-0.2, -0.15) is 0 Å². The predicted octanol–water partition coefficient (Wildman–Crippen LogP) is 1.05. The smallest absolute Gasteiger partial charge is 0.331 e. The number of methoxy groups -OCH3 is 1. The summed E-state index contributed by atoms with van der Waals surface area (Å²) in [5.74, 6) is -0.286. The van der Waals surface area contributed by atoms with Gasteiger partial charge < -0.3 is 14.4 Å². The molecule has 1 fully saturated rings. The number of piperidine rings is 1. The molecule has 0 amide bonds. The molecule has 0 saturated carbocycles. The van der Waals surface area contributed by atoms with Crippen molar-refractivity contribution in [1.29, 1.82) is 0 Å². The van der Waals surface area contributed by atoms with E-state index in [9.17, 15) is 4.79 Å². The van der Waals surface area contributed by atoms with Crippen molar-refractivity contribution in [3.63, 3.8) is 0 Å². The molecule has 1 heterocycles. The monoisotopic (exact) mass is 215 g/mol. The van der Waals surface area contributed by atoms with Gasteiger partial charge >= 0.3 is 5.97 Å². The largest absolute Gasteiger partial charge is 0.467 e. The van der Waals surface area contributed by atoms with Crippen LogP contribution in [0.3, 0.4) is 0 Å². The standard InChI is InChI=1S/C11H21NO3/c1-3-6-12-7-4-10(5-8-12)15-9-11(13)14-2/h10H,3-9H2,1-2H3. The van der Waals surface area contributed by atoms with Crippen LogP contribution in [0.2, 0.25) is 0 Å². The van der Waals surface area contributed by atoms with Crippen LogP contribution in [0.25, 0.3) is 0 Å². The minimum atomic E-state index is -0.286. The first kappa shape index (κ1) is 12.5. The first-order valence-electron chi connectivity index (χ1n) is 5.67. The van der Waals surface area contributed by atoms with Gasteiger partial charge in [0.2, 0.25) is 0 Å². The van der Waals surface area contributed by atoms with E-state index >= 15 is 0 Å². The summed E-state index contributed by atoms with van der Waals surface area (Å²) in [5, 5.41) is 0. The van der Waals surface area contributed by atoms with E-state index in [0.29, 0.717) is 0 Å². The molecule has 0 atom stereocenters. The Labute approximate surface area is 91.5 Å². The Morgan fingerprint density at radius 2 is 2.07 bits per heavy atom. The summed E-state index contributed by atoms with van der Waals surface area (Å²) in [7, 11) is 1.38. The summed E-state index contributed by atoms with van der Waals surface area (Å²) in [6.07, 6.45) is 3.49. The van der Waals surface area contributed by atoms with Crippen molar-refractivity contribution in [3.05, 3.63) is 0 Å². The number of hydrogen-bond donors (Lipinski definition) is 0. The van der Waals surface area contributed by atoms with Gasteiger partial charge in [0.05, 0.1) is 13.2 Å². The lowest BCUT2D eigenvalue weighted by Crippen LogP contribution is -2.38. The van der Waals surface area contributed by atoms with Crippen molar-refractivity contribution in [2.24, 2.45) is 0 Å². The Balaban J connectivity index is 2.12. The Kier molecular flexibility index (Phi) is 5.65. The van der Waals surface area contributed by atoms with Crippen molar-refractivity contribution in [1.82, 2.24) is 4.90 Å². The average Bonchev–Trinajstić information content (AvgIpc) is 2.28. The normalized spacial score (nSPS) is 19.1. The molecule has 0 spiro atoms. The van der Waals surface area contributed by atoms with E-state index in [1.54, 1.807) is 0 Å². The second-order valence-corrected chi connectivity index (χ2v) is 3.93. The summed E-state index contributed by atoms with van der Waals surface area (Å²) < 4.78 is 9.99. The zero-order chi connectivity index (χ0) is 11.1. The predicted molar refractivity (Wildman–Crippen MR) is 57.7 cm³/mol. The highest BCUT2D eigenvalue weighted by Gasteiger charge is 2.19. The summed E-state index contributed by atoms with van der Waals surface area (Å²) in [4.78, 5) is 13.3. The maximum atomic E-state index is 10.9. The summed E-state index contributed by atoms with van der Waals surface area (Å²) >= 11 is 0. The number of carbonyl (C=O) groups excluding carboxylic acids is 1. The van der Waals surface area contributed by atoms with Gasteiger partial charge in [-0.05, 0) is 25.8 Å². The first-order valence-corrected chi connectivity index (χ1v) is 5.67. The van der Waals surface area contributed by atoms with Crippen LogP contribution in [-0.2, 0) is 14.3 Å². The van der Waals surface area contributed by atoms with Crippen molar-refractivity contribution >= 4 is 5.97 Å². The maximum Gasteiger partial charge on any atom is 0.331 e. The molecule has 0 aromatic rings. The third-order valence-corrected chi connectivity index (χ3v) is 2.74. The van der Waals surface area contributed by atoms with Gasteiger partial charge in [-0.3, -0.25) is 0 Å². The topological polar surface area (TPSA) is 38.8 Å². The molecule has 0 N–H and O–H groups in total. The molecule has 1 saturated heterocycles. The molecule has 1 aliphatic heterocycles. The Bertz CT molecular complexity index is 188. The van der Waals surface area contributed by atoms with Crippen molar-refractivity contribution in [3.8, 4) is 0 Å². The molecule has 4 heteroatoms. The van der Waals surface area contributed by atoms with Gasteiger partial charge in [0, 0.05) is 13.1 Å². The number of likely N-dealkylation sites (tertiary alicyclic amines) is 1. The molecular formula is C11H21NO3. The first-order chi connectivity index (χ1) is 7.26. The second-order valence-electron chi connectivity index (χ2n) is 3.93. The summed E-state index contributed by atoms with van der Waals surface area (Å²) in [6, 6.07) is 0. The molecule has 0 aromatic carbocycles. The molecule has 0 unspecified atom stereocenters. The minimum absolute atomic E-state index is 0.0922. The summed E-state index contributed by atoms with van der Waals surface area (Å²) in [6.45, 7) is 5.62. The molecule has 88 valence electrons. The molecule has 0 aliphatic carbocycles. The number of nitrogens with zero attached hydrogens (tertiary/aromatic N) is 1. The van der Waals surface area contributed by atoms with E-state index in [4.69, 9.17) is 4.74 Å². The zero-order valence-electron chi connectivity index (χ0n) is 9.70. The van der Waals surface area contributed by atoms with Crippen LogP contribution in [0, 0.1) is 0 Å². The van der Waals surface area contributed by atoms with E-state index in [1.165, 1.54) is 20.1 Å². The van der Waals surface area contributed by atoms with Crippen LogP contribution in [0.5, 0.6) is 0 Å². The second kappa shape index (κ2) is 6.80. The molecule has 4 nitrogen and oxygen atoms in total. The van der Waals surface area contributed by atoms with Crippen LogP contribution >= 0.6 is 0 Å².